The summed E-state index contributed by atoms with van der Waals surface area (Å²) in [6.07, 6.45) is 17.0. The monoisotopic (exact) mass is 444 g/mol. The van der Waals surface area contributed by atoms with Gasteiger partial charge >= 0.3 is 0 Å². The molecule has 1 nitrogen and oxygen atoms in total. The first-order valence-electron chi connectivity index (χ1n) is 13.8. The Balaban J connectivity index is 2.55. The van der Waals surface area contributed by atoms with Gasteiger partial charge in [0.25, 0.3) is 0 Å². The summed E-state index contributed by atoms with van der Waals surface area (Å²) < 4.78 is 0. The SMILES string of the molecule is CCC(C)(C)CCCCCCCCCCC(CC)(CC)c1cc(C(C)(C)C)cc(C)c1O. The Morgan fingerprint density at radius 1 is 0.656 bits per heavy atom. The molecule has 0 fully saturated rings. The minimum atomic E-state index is 0.0994. The van der Waals surface area contributed by atoms with Crippen LogP contribution in [0.5, 0.6) is 5.75 Å². The molecule has 1 N–H and O–H groups in total. The standard InChI is InChI=1S/C31H56O/c1-10-30(8,9)21-19-17-15-13-14-16-18-20-22-31(11-2,12-3)27-24-26(29(5,6)7)23-25(4)28(27)32/h23-24,32H,10-22H2,1-9H3. The van der Waals surface area contributed by atoms with Crippen molar-refractivity contribution in [2.75, 3.05) is 0 Å². The molecule has 1 aromatic rings. The maximum atomic E-state index is 11.0. The number of rotatable bonds is 15. The molecule has 1 aromatic carbocycles. The molecule has 1 heteroatoms. The summed E-state index contributed by atoms with van der Waals surface area (Å²) in [4.78, 5) is 0. The molecule has 0 aliphatic heterocycles. The molecule has 0 aromatic heterocycles. The quantitative estimate of drug-likeness (QED) is 0.267. The number of aryl methyl sites for hydroxylation is 1. The summed E-state index contributed by atoms with van der Waals surface area (Å²) in [7, 11) is 0. The van der Waals surface area contributed by atoms with Gasteiger partial charge in [0.1, 0.15) is 5.75 Å². The van der Waals surface area contributed by atoms with Gasteiger partial charge in [-0.15, -0.1) is 0 Å². The minimum Gasteiger partial charge on any atom is -0.507 e. The second kappa shape index (κ2) is 13.0. The molecular weight excluding hydrogens is 388 g/mol. The van der Waals surface area contributed by atoms with Crippen molar-refractivity contribution in [1.29, 1.82) is 0 Å². The van der Waals surface area contributed by atoms with Gasteiger partial charge < -0.3 is 5.11 Å². The molecule has 0 spiro atoms. The highest BCUT2D eigenvalue weighted by Gasteiger charge is 2.32. The van der Waals surface area contributed by atoms with Gasteiger partial charge in [0, 0.05) is 5.56 Å². The molecule has 0 aliphatic carbocycles. The van der Waals surface area contributed by atoms with Crippen LogP contribution in [0, 0.1) is 12.3 Å². The zero-order chi connectivity index (χ0) is 24.4. The van der Waals surface area contributed by atoms with E-state index in [-0.39, 0.29) is 10.8 Å². The van der Waals surface area contributed by atoms with Crippen molar-refractivity contribution in [3.63, 3.8) is 0 Å². The predicted octanol–water partition coefficient (Wildman–Crippen LogP) is 10.4. The summed E-state index contributed by atoms with van der Waals surface area (Å²) in [6, 6.07) is 4.49. The second-order valence-electron chi connectivity index (χ2n) is 12.3. The van der Waals surface area contributed by atoms with Crippen LogP contribution in [0.1, 0.15) is 156 Å². The lowest BCUT2D eigenvalue weighted by atomic mass is 9.70. The number of phenolic OH excluding ortho intramolecular Hbond substituents is 1. The Hall–Kier alpha value is -0.980. The smallest absolute Gasteiger partial charge is 0.122 e. The third-order valence-electron chi connectivity index (χ3n) is 8.31. The predicted molar refractivity (Wildman–Crippen MR) is 144 cm³/mol. The van der Waals surface area contributed by atoms with E-state index in [0.717, 1.165) is 18.4 Å². The lowest BCUT2D eigenvalue weighted by Gasteiger charge is -2.35. The van der Waals surface area contributed by atoms with Crippen LogP contribution in [0.25, 0.3) is 0 Å². The van der Waals surface area contributed by atoms with Crippen molar-refractivity contribution >= 4 is 0 Å². The Bertz CT molecular complexity index is 658. The van der Waals surface area contributed by atoms with Crippen molar-refractivity contribution in [3.05, 3.63) is 28.8 Å². The van der Waals surface area contributed by atoms with E-state index in [4.69, 9.17) is 0 Å². The maximum absolute atomic E-state index is 11.0. The summed E-state index contributed by atoms with van der Waals surface area (Å²) in [5.74, 6) is 0.535. The normalized spacial score (nSPS) is 13.0. The van der Waals surface area contributed by atoms with Gasteiger partial charge in [0.2, 0.25) is 0 Å². The first-order valence-corrected chi connectivity index (χ1v) is 13.8. The van der Waals surface area contributed by atoms with Crippen LogP contribution in [0.3, 0.4) is 0 Å². The van der Waals surface area contributed by atoms with E-state index in [1.807, 2.05) is 0 Å². The molecule has 0 radical (unpaired) electrons. The number of hydrogen-bond acceptors (Lipinski definition) is 1. The van der Waals surface area contributed by atoms with Crippen LogP contribution in [0.4, 0.5) is 0 Å². The summed E-state index contributed by atoms with van der Waals surface area (Å²) >= 11 is 0. The largest absolute Gasteiger partial charge is 0.507 e. The van der Waals surface area contributed by atoms with Gasteiger partial charge in [-0.2, -0.15) is 0 Å². The number of benzene rings is 1. The van der Waals surface area contributed by atoms with E-state index in [1.165, 1.54) is 81.8 Å². The summed E-state index contributed by atoms with van der Waals surface area (Å²) in [6.45, 7) is 20.6. The van der Waals surface area contributed by atoms with E-state index in [2.05, 4.69) is 74.4 Å². The number of phenols is 1. The van der Waals surface area contributed by atoms with E-state index >= 15 is 0 Å². The third-order valence-corrected chi connectivity index (χ3v) is 8.31. The number of hydrogen-bond donors (Lipinski definition) is 1. The Kier molecular flexibility index (Phi) is 11.8. The van der Waals surface area contributed by atoms with Gasteiger partial charge in [-0.1, -0.05) is 125 Å². The highest BCUT2D eigenvalue weighted by Crippen LogP contribution is 2.44. The van der Waals surface area contributed by atoms with Crippen LogP contribution >= 0.6 is 0 Å². The summed E-state index contributed by atoms with van der Waals surface area (Å²) in [5, 5.41) is 11.0. The van der Waals surface area contributed by atoms with Crippen LogP contribution < -0.4 is 0 Å². The van der Waals surface area contributed by atoms with Gasteiger partial charge in [0.15, 0.2) is 0 Å². The first kappa shape index (κ1) is 29.1. The zero-order valence-corrected chi connectivity index (χ0v) is 23.3. The highest BCUT2D eigenvalue weighted by atomic mass is 16.3. The van der Waals surface area contributed by atoms with E-state index in [0.29, 0.717) is 11.2 Å². The molecule has 0 aliphatic rings. The van der Waals surface area contributed by atoms with Crippen molar-refractivity contribution in [2.24, 2.45) is 5.41 Å². The molecule has 0 amide bonds. The second-order valence-corrected chi connectivity index (χ2v) is 12.3. The lowest BCUT2D eigenvalue weighted by molar-refractivity contribution is 0.307. The fourth-order valence-electron chi connectivity index (χ4n) is 5.04. The van der Waals surface area contributed by atoms with E-state index in [9.17, 15) is 5.11 Å². The lowest BCUT2D eigenvalue weighted by Crippen LogP contribution is -2.26. The molecule has 0 atom stereocenters. The highest BCUT2D eigenvalue weighted by molar-refractivity contribution is 5.48. The molecular formula is C31H56O. The maximum Gasteiger partial charge on any atom is 0.122 e. The molecule has 0 saturated carbocycles. The topological polar surface area (TPSA) is 20.2 Å². The van der Waals surface area contributed by atoms with E-state index < -0.39 is 0 Å². The van der Waals surface area contributed by atoms with Crippen LogP contribution in [-0.2, 0) is 10.8 Å². The van der Waals surface area contributed by atoms with Crippen molar-refractivity contribution in [1.82, 2.24) is 0 Å². The summed E-state index contributed by atoms with van der Waals surface area (Å²) in [5.41, 5.74) is 4.30. The fraction of sp³-hybridized carbons (Fsp3) is 0.806. The van der Waals surface area contributed by atoms with Gasteiger partial charge in [-0.05, 0) is 60.0 Å². The molecule has 1 rings (SSSR count). The number of unbranched alkanes of at least 4 members (excludes halogenated alkanes) is 7. The van der Waals surface area contributed by atoms with Crippen molar-refractivity contribution < 1.29 is 5.11 Å². The van der Waals surface area contributed by atoms with Gasteiger partial charge in [-0.3, -0.25) is 0 Å². The fourth-order valence-corrected chi connectivity index (χ4v) is 5.04. The third kappa shape index (κ3) is 8.75. The van der Waals surface area contributed by atoms with Crippen LogP contribution in [-0.4, -0.2) is 5.11 Å². The van der Waals surface area contributed by atoms with Crippen molar-refractivity contribution in [3.8, 4) is 5.75 Å². The van der Waals surface area contributed by atoms with E-state index in [1.54, 1.807) is 0 Å². The minimum absolute atomic E-state index is 0.0994. The average Bonchev–Trinajstić information content (AvgIpc) is 2.74. The molecule has 0 heterocycles. The molecule has 0 bridgehead atoms. The Morgan fingerprint density at radius 3 is 1.56 bits per heavy atom. The van der Waals surface area contributed by atoms with Crippen LogP contribution in [0.15, 0.2) is 12.1 Å². The zero-order valence-electron chi connectivity index (χ0n) is 23.3. The molecule has 32 heavy (non-hydrogen) atoms. The number of aromatic hydroxyl groups is 1. The first-order chi connectivity index (χ1) is 14.9. The van der Waals surface area contributed by atoms with Crippen LogP contribution in [0.2, 0.25) is 0 Å². The molecule has 0 saturated heterocycles. The molecule has 0 unspecified atom stereocenters. The van der Waals surface area contributed by atoms with Gasteiger partial charge in [-0.25, -0.2) is 0 Å². The Labute approximate surface area is 201 Å². The Morgan fingerprint density at radius 2 is 1.12 bits per heavy atom. The molecule has 186 valence electrons. The average molecular weight is 445 g/mol. The van der Waals surface area contributed by atoms with Gasteiger partial charge in [0.05, 0.1) is 0 Å². The van der Waals surface area contributed by atoms with Crippen molar-refractivity contribution in [2.45, 2.75) is 157 Å².